The quantitative estimate of drug-likeness (QED) is 0.200. The molecule has 0 fully saturated rings. The molecule has 0 atom stereocenters. The van der Waals surface area contributed by atoms with Crippen LogP contribution in [-0.4, -0.2) is 0 Å². The second kappa shape index (κ2) is 9.58. The van der Waals surface area contributed by atoms with Gasteiger partial charge in [-0.15, -0.1) is 0 Å². The zero-order valence-electron chi connectivity index (χ0n) is 23.7. The summed E-state index contributed by atoms with van der Waals surface area (Å²) in [4.78, 5) is 0. The van der Waals surface area contributed by atoms with E-state index in [-0.39, 0.29) is 0 Å². The molecule has 0 N–H and O–H groups in total. The van der Waals surface area contributed by atoms with Gasteiger partial charge in [-0.3, -0.25) is 0 Å². The lowest BCUT2D eigenvalue weighted by Gasteiger charge is -2.18. The van der Waals surface area contributed by atoms with Crippen LogP contribution in [0, 0.1) is 0 Å². The summed E-state index contributed by atoms with van der Waals surface area (Å²) in [7, 11) is 0. The predicted octanol–water partition coefficient (Wildman–Crippen LogP) is 11.9. The molecule has 1 aliphatic rings. The highest BCUT2D eigenvalue weighted by molar-refractivity contribution is 6.25. The lowest BCUT2D eigenvalue weighted by Crippen LogP contribution is -1.94. The molecular weight excluding hydrogens is 520 g/mol. The Morgan fingerprint density at radius 3 is 1.81 bits per heavy atom. The fourth-order valence-corrected chi connectivity index (χ4v) is 7.21. The molecule has 1 aromatic heterocycles. The maximum absolute atomic E-state index is 6.64. The first-order valence-electron chi connectivity index (χ1n) is 15.1. The van der Waals surface area contributed by atoms with Gasteiger partial charge in [0.15, 0.2) is 0 Å². The third kappa shape index (κ3) is 3.72. The molecule has 1 heterocycles. The monoisotopic (exact) mass is 548 g/mol. The number of furan rings is 1. The van der Waals surface area contributed by atoms with E-state index in [0.29, 0.717) is 0 Å². The van der Waals surface area contributed by atoms with Gasteiger partial charge >= 0.3 is 0 Å². The van der Waals surface area contributed by atoms with Crippen LogP contribution in [0.25, 0.3) is 82.9 Å². The van der Waals surface area contributed by atoms with Crippen molar-refractivity contribution in [2.45, 2.75) is 12.8 Å². The highest BCUT2D eigenvalue weighted by Gasteiger charge is 2.22. The summed E-state index contributed by atoms with van der Waals surface area (Å²) in [6.07, 6.45) is 6.57. The Balaban J connectivity index is 1.34. The number of allylic oxidation sites excluding steroid dienone is 1. The fourth-order valence-electron chi connectivity index (χ4n) is 7.21. The van der Waals surface area contributed by atoms with Crippen LogP contribution in [0.3, 0.4) is 0 Å². The van der Waals surface area contributed by atoms with Crippen molar-refractivity contribution in [2.75, 3.05) is 0 Å². The zero-order valence-corrected chi connectivity index (χ0v) is 23.7. The van der Waals surface area contributed by atoms with Gasteiger partial charge < -0.3 is 4.42 Å². The van der Waals surface area contributed by atoms with Crippen molar-refractivity contribution in [3.05, 3.63) is 151 Å². The minimum Gasteiger partial charge on any atom is -0.456 e. The second-order valence-electron chi connectivity index (χ2n) is 11.5. The number of fused-ring (bicyclic) bond motifs is 7. The van der Waals surface area contributed by atoms with Crippen molar-refractivity contribution in [3.63, 3.8) is 0 Å². The molecule has 1 nitrogen and oxygen atoms in total. The van der Waals surface area contributed by atoms with E-state index in [9.17, 15) is 0 Å². The molecule has 202 valence electrons. The summed E-state index contributed by atoms with van der Waals surface area (Å²) >= 11 is 0. The second-order valence-corrected chi connectivity index (χ2v) is 11.5. The largest absolute Gasteiger partial charge is 0.456 e. The Labute approximate surface area is 250 Å². The number of hydrogen-bond acceptors (Lipinski definition) is 1. The summed E-state index contributed by atoms with van der Waals surface area (Å²) in [5, 5.41) is 7.43. The van der Waals surface area contributed by atoms with Gasteiger partial charge in [-0.05, 0) is 85.5 Å². The van der Waals surface area contributed by atoms with Gasteiger partial charge in [-0.25, -0.2) is 0 Å². The summed E-state index contributed by atoms with van der Waals surface area (Å²) in [5.41, 5.74) is 12.0. The molecule has 0 aliphatic heterocycles. The Morgan fingerprint density at radius 2 is 1.09 bits per heavy atom. The van der Waals surface area contributed by atoms with E-state index in [1.807, 2.05) is 0 Å². The van der Waals surface area contributed by atoms with Crippen LogP contribution in [0.15, 0.2) is 144 Å². The van der Waals surface area contributed by atoms with Gasteiger partial charge in [0.25, 0.3) is 0 Å². The molecule has 7 aromatic carbocycles. The minimum atomic E-state index is 0.948. The van der Waals surface area contributed by atoms with Crippen LogP contribution in [0.2, 0.25) is 0 Å². The van der Waals surface area contributed by atoms with Gasteiger partial charge in [-0.1, -0.05) is 133 Å². The lowest BCUT2D eigenvalue weighted by atomic mass is 9.84. The number of benzene rings is 7. The third-order valence-electron chi connectivity index (χ3n) is 9.14. The summed E-state index contributed by atoms with van der Waals surface area (Å²) < 4.78 is 6.64. The van der Waals surface area contributed by atoms with Crippen LogP contribution >= 0.6 is 0 Å². The maximum Gasteiger partial charge on any atom is 0.139 e. The predicted molar refractivity (Wildman–Crippen MR) is 182 cm³/mol. The number of hydrogen-bond donors (Lipinski definition) is 0. The van der Waals surface area contributed by atoms with Gasteiger partial charge in [-0.2, -0.15) is 0 Å². The molecule has 0 amide bonds. The van der Waals surface area contributed by atoms with Gasteiger partial charge in [0, 0.05) is 16.3 Å². The van der Waals surface area contributed by atoms with E-state index < -0.39 is 0 Å². The van der Waals surface area contributed by atoms with E-state index in [0.717, 1.165) is 24.0 Å². The fraction of sp³-hybridized carbons (Fsp3) is 0.0476. The van der Waals surface area contributed by atoms with Gasteiger partial charge in [0.2, 0.25) is 0 Å². The smallest absolute Gasteiger partial charge is 0.139 e. The lowest BCUT2D eigenvalue weighted by molar-refractivity contribution is 0.661. The van der Waals surface area contributed by atoms with Crippen LogP contribution < -0.4 is 0 Å². The van der Waals surface area contributed by atoms with E-state index in [2.05, 4.69) is 146 Å². The average molecular weight is 549 g/mol. The molecule has 1 heteroatoms. The van der Waals surface area contributed by atoms with Crippen molar-refractivity contribution in [1.29, 1.82) is 0 Å². The molecule has 0 bridgehead atoms. The first-order valence-corrected chi connectivity index (χ1v) is 15.1. The molecule has 0 unspecified atom stereocenters. The van der Waals surface area contributed by atoms with E-state index in [1.165, 1.54) is 76.8 Å². The summed E-state index contributed by atoms with van der Waals surface area (Å²) in [5.74, 6) is 0. The molecule has 1 aliphatic carbocycles. The molecule has 0 saturated carbocycles. The molecule has 0 radical (unpaired) electrons. The van der Waals surface area contributed by atoms with Crippen LogP contribution in [-0.2, 0) is 6.42 Å². The van der Waals surface area contributed by atoms with Crippen LogP contribution in [0.5, 0.6) is 0 Å². The topological polar surface area (TPSA) is 13.1 Å². The Hall–Kier alpha value is -5.40. The van der Waals surface area contributed by atoms with E-state index >= 15 is 0 Å². The van der Waals surface area contributed by atoms with Crippen LogP contribution in [0.1, 0.15) is 17.5 Å². The third-order valence-corrected chi connectivity index (χ3v) is 9.14. The maximum atomic E-state index is 6.64. The zero-order chi connectivity index (χ0) is 28.3. The Bertz CT molecular complexity index is 2310. The molecular formula is C42H28O. The summed E-state index contributed by atoms with van der Waals surface area (Å²) in [6, 6.07) is 48.5. The molecule has 0 spiro atoms. The first-order chi connectivity index (χ1) is 21.3. The summed E-state index contributed by atoms with van der Waals surface area (Å²) in [6.45, 7) is 0. The Kier molecular flexibility index (Phi) is 5.39. The van der Waals surface area contributed by atoms with Crippen LogP contribution in [0.4, 0.5) is 0 Å². The number of rotatable bonds is 3. The average Bonchev–Trinajstić information content (AvgIpc) is 3.47. The SMILES string of the molecule is C1=Cc2ccc3c(oc4cccc(-c5c6ccccc6c(-c6ccc(-c7ccccc7)cc6)c6ccccc56)c43)c2CC1. The van der Waals surface area contributed by atoms with Gasteiger partial charge in [0.05, 0.1) is 0 Å². The normalized spacial score (nSPS) is 12.8. The molecule has 0 saturated heterocycles. The minimum absolute atomic E-state index is 0.948. The van der Waals surface area contributed by atoms with Crippen molar-refractivity contribution in [3.8, 4) is 33.4 Å². The van der Waals surface area contributed by atoms with Gasteiger partial charge in [0.1, 0.15) is 11.2 Å². The van der Waals surface area contributed by atoms with Crippen molar-refractivity contribution >= 4 is 49.6 Å². The Morgan fingerprint density at radius 1 is 0.465 bits per heavy atom. The molecule has 43 heavy (non-hydrogen) atoms. The number of aryl methyl sites for hydroxylation is 1. The standard InChI is InChI=1S/C42H28O/c1-2-11-27(12-3-1)28-21-23-30(24-22-28)39-32-15-6-8-17-34(32)40(35-18-9-7-16-33(35)39)36-19-10-20-38-41(36)37-26-25-29-13-4-5-14-31(29)42(37)43-38/h1-4,6-13,15-26H,5,14H2. The molecule has 8 aromatic rings. The molecule has 9 rings (SSSR count). The van der Waals surface area contributed by atoms with Crippen molar-refractivity contribution in [2.24, 2.45) is 0 Å². The van der Waals surface area contributed by atoms with E-state index in [1.54, 1.807) is 0 Å². The highest BCUT2D eigenvalue weighted by atomic mass is 16.3. The van der Waals surface area contributed by atoms with E-state index in [4.69, 9.17) is 4.42 Å². The van der Waals surface area contributed by atoms with Crippen molar-refractivity contribution < 1.29 is 4.42 Å². The highest BCUT2D eigenvalue weighted by Crippen LogP contribution is 2.47. The first kappa shape index (κ1) is 24.2. The van der Waals surface area contributed by atoms with Crippen molar-refractivity contribution in [1.82, 2.24) is 0 Å².